The van der Waals surface area contributed by atoms with Crippen molar-refractivity contribution in [3.05, 3.63) is 0 Å². The number of hydrogen-bond donors (Lipinski definition) is 1. The van der Waals surface area contributed by atoms with E-state index in [1.807, 2.05) is 13.8 Å². The van der Waals surface area contributed by atoms with Crippen molar-refractivity contribution in [2.75, 3.05) is 6.61 Å². The molecule has 0 aromatic carbocycles. The number of rotatable bonds is 4. The van der Waals surface area contributed by atoms with Crippen LogP contribution in [0.5, 0.6) is 0 Å². The summed E-state index contributed by atoms with van der Waals surface area (Å²) < 4.78 is 35.5. The number of aliphatic hydroxyl groups is 1. The van der Waals surface area contributed by atoms with E-state index in [0.717, 1.165) is 0 Å². The van der Waals surface area contributed by atoms with E-state index < -0.39 is 36.2 Å². The lowest BCUT2D eigenvalue weighted by Gasteiger charge is -2.23. The Morgan fingerprint density at radius 1 is 1.25 bits per heavy atom. The second-order valence-electron chi connectivity index (χ2n) is 5.67. The highest BCUT2D eigenvalue weighted by Crippen LogP contribution is 2.39. The zero-order valence-corrected chi connectivity index (χ0v) is 13.2. The van der Waals surface area contributed by atoms with E-state index in [9.17, 15) is 9.50 Å². The molecule has 0 radical (unpaired) electrons. The molecule has 0 aliphatic carbocycles. The highest BCUT2D eigenvalue weighted by atomic mass is 19.1. The van der Waals surface area contributed by atoms with E-state index in [4.69, 9.17) is 18.9 Å². The van der Waals surface area contributed by atoms with Gasteiger partial charge in [-0.15, -0.1) is 0 Å². The van der Waals surface area contributed by atoms with E-state index in [1.165, 1.54) is 13.8 Å². The van der Waals surface area contributed by atoms with Gasteiger partial charge in [0.05, 0.1) is 12.7 Å². The van der Waals surface area contributed by atoms with Gasteiger partial charge >= 0.3 is 0 Å². The number of fused-ring (bicyclic) bond motifs is 1. The van der Waals surface area contributed by atoms with Gasteiger partial charge in [-0.2, -0.15) is 0 Å². The minimum absolute atomic E-state index is 0.220. The molecule has 2 saturated heterocycles. The molecule has 0 saturated carbocycles. The van der Waals surface area contributed by atoms with Crippen LogP contribution in [0.3, 0.4) is 0 Å². The van der Waals surface area contributed by atoms with Crippen LogP contribution in [0.1, 0.15) is 48.0 Å². The largest absolute Gasteiger partial charge is 0.366 e. The predicted molar refractivity (Wildman–Crippen MR) is 71.8 cm³/mol. The van der Waals surface area contributed by atoms with Gasteiger partial charge in [0.1, 0.15) is 6.10 Å². The zero-order valence-electron chi connectivity index (χ0n) is 13.2. The molecular weight excluding hydrogens is 267 g/mol. The third kappa shape index (κ3) is 4.63. The Bertz CT molecular complexity index is 302. The first-order valence-corrected chi connectivity index (χ1v) is 7.19. The van der Waals surface area contributed by atoms with Crippen molar-refractivity contribution in [3.8, 4) is 0 Å². The molecule has 2 rings (SSSR count). The Labute approximate surface area is 120 Å². The molecule has 0 aromatic heterocycles. The van der Waals surface area contributed by atoms with Gasteiger partial charge in [-0.1, -0.05) is 13.8 Å². The molecule has 2 fully saturated rings. The molecule has 5 nitrogen and oxygen atoms in total. The minimum Gasteiger partial charge on any atom is -0.366 e. The number of hydrogen-bond acceptors (Lipinski definition) is 5. The quantitative estimate of drug-likeness (QED) is 0.807. The van der Waals surface area contributed by atoms with Crippen LogP contribution in [0.4, 0.5) is 4.39 Å². The highest BCUT2D eigenvalue weighted by Gasteiger charge is 2.55. The van der Waals surface area contributed by atoms with E-state index in [2.05, 4.69) is 0 Å². The van der Waals surface area contributed by atoms with Gasteiger partial charge in [0.2, 0.25) is 0 Å². The van der Waals surface area contributed by atoms with Crippen LogP contribution >= 0.6 is 0 Å². The Kier molecular flexibility index (Phi) is 5.92. The fourth-order valence-corrected chi connectivity index (χ4v) is 2.19. The van der Waals surface area contributed by atoms with Crippen molar-refractivity contribution in [1.82, 2.24) is 0 Å². The van der Waals surface area contributed by atoms with Crippen molar-refractivity contribution < 1.29 is 28.4 Å². The van der Waals surface area contributed by atoms with E-state index in [1.54, 1.807) is 13.8 Å². The summed E-state index contributed by atoms with van der Waals surface area (Å²) in [5.74, 6) is -2.01. The summed E-state index contributed by atoms with van der Waals surface area (Å²) >= 11 is 0. The third-order valence-corrected chi connectivity index (χ3v) is 2.92. The molecule has 0 aromatic rings. The Hall–Kier alpha value is -0.270. The number of ether oxygens (including phenoxy) is 4. The van der Waals surface area contributed by atoms with Crippen molar-refractivity contribution in [2.24, 2.45) is 0 Å². The molecule has 0 bridgehead atoms. The molecule has 4 atom stereocenters. The maximum Gasteiger partial charge on any atom is 0.190 e. The molecule has 2 heterocycles. The molecule has 1 N–H and O–H groups in total. The molecule has 0 amide bonds. The van der Waals surface area contributed by atoms with Crippen LogP contribution in [-0.2, 0) is 18.9 Å². The van der Waals surface area contributed by atoms with E-state index in [-0.39, 0.29) is 6.61 Å². The minimum atomic E-state index is -1.23. The average Bonchev–Trinajstić information content (AvgIpc) is 2.75. The molecule has 1 unspecified atom stereocenters. The summed E-state index contributed by atoms with van der Waals surface area (Å²) in [6.07, 6.45) is -2.82. The van der Waals surface area contributed by atoms with Gasteiger partial charge in [-0.3, -0.25) is 0 Å². The molecule has 6 heteroatoms. The first-order chi connectivity index (χ1) is 9.18. The summed E-state index contributed by atoms with van der Waals surface area (Å²) in [6.45, 7) is 10.7. The normalized spacial score (nSPS) is 35.4. The Morgan fingerprint density at radius 3 is 2.35 bits per heavy atom. The topological polar surface area (TPSA) is 57.2 Å². The van der Waals surface area contributed by atoms with Gasteiger partial charge in [-0.05, 0) is 27.7 Å². The zero-order chi connectivity index (χ0) is 15.6. The SMILES string of the molecule is CC.CC(C)(O)OCC[C@H]1O[C@@H]2OC(C)(C)O[C@@H]2C1F. The summed E-state index contributed by atoms with van der Waals surface area (Å²) in [4.78, 5) is 0. The Balaban J connectivity index is 0.000000956. The van der Waals surface area contributed by atoms with Gasteiger partial charge < -0.3 is 24.1 Å². The lowest BCUT2D eigenvalue weighted by Crippen LogP contribution is -2.33. The average molecular weight is 294 g/mol. The molecule has 2 aliphatic rings. The second kappa shape index (κ2) is 6.66. The summed E-state index contributed by atoms with van der Waals surface area (Å²) in [5, 5.41) is 9.38. The third-order valence-electron chi connectivity index (χ3n) is 2.92. The van der Waals surface area contributed by atoms with Crippen LogP contribution < -0.4 is 0 Å². The smallest absolute Gasteiger partial charge is 0.190 e. The summed E-state index contributed by atoms with van der Waals surface area (Å²) in [6, 6.07) is 0. The fourth-order valence-electron chi connectivity index (χ4n) is 2.19. The second-order valence-corrected chi connectivity index (χ2v) is 5.67. The van der Waals surface area contributed by atoms with Gasteiger partial charge in [0.25, 0.3) is 0 Å². The summed E-state index contributed by atoms with van der Waals surface area (Å²) in [7, 11) is 0. The highest BCUT2D eigenvalue weighted by molar-refractivity contribution is 4.93. The van der Waals surface area contributed by atoms with Crippen molar-refractivity contribution in [2.45, 2.75) is 84.2 Å². The maximum absolute atomic E-state index is 14.1. The predicted octanol–water partition coefficient (Wildman–Crippen LogP) is 2.36. The number of alkyl halides is 1. The van der Waals surface area contributed by atoms with E-state index in [0.29, 0.717) is 6.42 Å². The first kappa shape index (κ1) is 17.8. The van der Waals surface area contributed by atoms with Crippen molar-refractivity contribution in [1.29, 1.82) is 0 Å². The standard InChI is InChI=1S/C12H21FO5.C2H6/c1-11(2,14)15-6-5-7-8(13)9-10(16-7)18-12(3,4)17-9;1-2/h7-10,14H,5-6H2,1-4H3;1-2H3/t7-,8?,9-,10-;/m1./s1. The molecule has 0 spiro atoms. The molecule has 2 aliphatic heterocycles. The van der Waals surface area contributed by atoms with Crippen LogP contribution in [0, 0.1) is 0 Å². The first-order valence-electron chi connectivity index (χ1n) is 7.19. The monoisotopic (exact) mass is 294 g/mol. The van der Waals surface area contributed by atoms with Crippen LogP contribution in [0.15, 0.2) is 0 Å². The molecular formula is C14H27FO5. The van der Waals surface area contributed by atoms with Gasteiger partial charge in [0, 0.05) is 6.42 Å². The van der Waals surface area contributed by atoms with Crippen molar-refractivity contribution in [3.63, 3.8) is 0 Å². The molecule has 120 valence electrons. The molecule has 20 heavy (non-hydrogen) atoms. The fraction of sp³-hybridized carbons (Fsp3) is 1.00. The van der Waals surface area contributed by atoms with Crippen molar-refractivity contribution >= 4 is 0 Å². The maximum atomic E-state index is 14.1. The van der Waals surface area contributed by atoms with Gasteiger partial charge in [-0.25, -0.2) is 4.39 Å². The number of halogens is 1. The van der Waals surface area contributed by atoms with Crippen LogP contribution in [0.2, 0.25) is 0 Å². The lowest BCUT2D eigenvalue weighted by molar-refractivity contribution is -0.217. The van der Waals surface area contributed by atoms with Crippen LogP contribution in [0.25, 0.3) is 0 Å². The Morgan fingerprint density at radius 2 is 1.85 bits per heavy atom. The summed E-state index contributed by atoms with van der Waals surface area (Å²) in [5.41, 5.74) is 0. The lowest BCUT2D eigenvalue weighted by atomic mass is 10.1. The van der Waals surface area contributed by atoms with E-state index >= 15 is 0 Å². The van der Waals surface area contributed by atoms with Gasteiger partial charge in [0.15, 0.2) is 24.0 Å². The van der Waals surface area contributed by atoms with Crippen LogP contribution in [-0.4, -0.2) is 48.0 Å².